The van der Waals surface area contributed by atoms with Gasteiger partial charge in [0.15, 0.2) is 11.5 Å². The van der Waals surface area contributed by atoms with Crippen LogP contribution in [0.15, 0.2) is 48.0 Å². The molecule has 168 valence electrons. The molecule has 1 N–H and O–H groups in total. The fourth-order valence-electron chi connectivity index (χ4n) is 2.88. The van der Waals surface area contributed by atoms with Crippen LogP contribution >= 0.6 is 11.3 Å². The van der Waals surface area contributed by atoms with E-state index in [2.05, 4.69) is 16.4 Å². The molecule has 2 aromatic carbocycles. The van der Waals surface area contributed by atoms with Gasteiger partial charge in [0, 0.05) is 41.4 Å². The Balaban J connectivity index is 1.94. The number of non-ortho nitro benzene ring substituents is 1. The van der Waals surface area contributed by atoms with E-state index in [1.54, 1.807) is 23.6 Å². The molecule has 0 aliphatic heterocycles. The molecule has 3 aromatic rings. The zero-order valence-electron chi connectivity index (χ0n) is 17.8. The van der Waals surface area contributed by atoms with E-state index in [0.29, 0.717) is 33.5 Å². The number of esters is 1. The number of rotatable bonds is 8. The van der Waals surface area contributed by atoms with E-state index < -0.39 is 10.9 Å². The number of benzene rings is 2. The van der Waals surface area contributed by atoms with Gasteiger partial charge in [-0.3, -0.25) is 10.1 Å². The minimum absolute atomic E-state index is 0.0523. The summed E-state index contributed by atoms with van der Waals surface area (Å²) in [6.07, 6.45) is 1.41. The number of aromatic nitrogens is 1. The predicted molar refractivity (Wildman–Crippen MR) is 122 cm³/mol. The van der Waals surface area contributed by atoms with Gasteiger partial charge in [-0.05, 0) is 0 Å². The van der Waals surface area contributed by atoms with Gasteiger partial charge in [0.1, 0.15) is 16.6 Å². The summed E-state index contributed by atoms with van der Waals surface area (Å²) in [5, 5.41) is 25.7. The summed E-state index contributed by atoms with van der Waals surface area (Å²) >= 11 is 1.21. The van der Waals surface area contributed by atoms with Gasteiger partial charge >= 0.3 is 5.97 Å². The van der Waals surface area contributed by atoms with Gasteiger partial charge in [0.2, 0.25) is 0 Å². The lowest BCUT2D eigenvalue weighted by molar-refractivity contribution is -0.384. The smallest absolute Gasteiger partial charge is 0.340 e. The van der Waals surface area contributed by atoms with E-state index in [-0.39, 0.29) is 16.8 Å². The number of nitro benzene ring substituents is 1. The van der Waals surface area contributed by atoms with Gasteiger partial charge in [-0.25, -0.2) is 9.78 Å². The van der Waals surface area contributed by atoms with Crippen LogP contribution in [0.3, 0.4) is 0 Å². The van der Waals surface area contributed by atoms with Crippen molar-refractivity contribution in [2.75, 3.05) is 26.6 Å². The highest BCUT2D eigenvalue weighted by Gasteiger charge is 2.18. The van der Waals surface area contributed by atoms with Crippen molar-refractivity contribution in [3.8, 4) is 28.8 Å². The molecule has 11 heteroatoms. The molecule has 0 fully saturated rings. The van der Waals surface area contributed by atoms with Crippen LogP contribution in [0.25, 0.3) is 16.8 Å². The second-order valence-electron chi connectivity index (χ2n) is 6.40. The van der Waals surface area contributed by atoms with Crippen molar-refractivity contribution in [1.29, 1.82) is 5.26 Å². The van der Waals surface area contributed by atoms with Gasteiger partial charge in [-0.2, -0.15) is 5.26 Å². The summed E-state index contributed by atoms with van der Waals surface area (Å²) in [4.78, 5) is 27.2. The van der Waals surface area contributed by atoms with Crippen LogP contribution in [0, 0.1) is 21.4 Å². The molecule has 33 heavy (non-hydrogen) atoms. The maximum absolute atomic E-state index is 12.2. The fourth-order valence-corrected chi connectivity index (χ4v) is 3.67. The first-order chi connectivity index (χ1) is 15.9. The van der Waals surface area contributed by atoms with E-state index in [1.807, 2.05) is 0 Å². The highest BCUT2D eigenvalue weighted by molar-refractivity contribution is 7.11. The van der Waals surface area contributed by atoms with Crippen LogP contribution in [-0.2, 0) is 4.74 Å². The number of thiazole rings is 1. The number of carbonyl (C=O) groups excluding carboxylic acids is 1. The zero-order chi connectivity index (χ0) is 24.0. The van der Waals surface area contributed by atoms with E-state index in [9.17, 15) is 20.2 Å². The lowest BCUT2D eigenvalue weighted by Crippen LogP contribution is -2.07. The van der Waals surface area contributed by atoms with Gasteiger partial charge < -0.3 is 19.5 Å². The quantitative estimate of drug-likeness (QED) is 0.220. The first kappa shape index (κ1) is 23.2. The Kier molecular flexibility index (Phi) is 7.22. The van der Waals surface area contributed by atoms with Crippen molar-refractivity contribution in [3.63, 3.8) is 0 Å². The highest BCUT2D eigenvalue weighted by atomic mass is 32.1. The fraction of sp³-hybridized carbons (Fsp3) is 0.136. The third-order valence-electron chi connectivity index (χ3n) is 4.51. The van der Waals surface area contributed by atoms with E-state index in [1.165, 1.54) is 57.1 Å². The summed E-state index contributed by atoms with van der Waals surface area (Å²) in [7, 11) is 4.16. The minimum atomic E-state index is -0.604. The van der Waals surface area contributed by atoms with Crippen LogP contribution < -0.4 is 14.8 Å². The summed E-state index contributed by atoms with van der Waals surface area (Å²) in [6, 6.07) is 11.2. The number of carbonyl (C=O) groups is 1. The number of allylic oxidation sites excluding steroid dienone is 1. The van der Waals surface area contributed by atoms with Crippen molar-refractivity contribution >= 4 is 34.3 Å². The maximum atomic E-state index is 12.2. The first-order valence-electron chi connectivity index (χ1n) is 9.33. The highest BCUT2D eigenvalue weighted by Crippen LogP contribution is 2.34. The Morgan fingerprint density at radius 1 is 1.21 bits per heavy atom. The zero-order valence-corrected chi connectivity index (χ0v) is 18.6. The van der Waals surface area contributed by atoms with Crippen molar-refractivity contribution in [3.05, 3.63) is 68.7 Å². The predicted octanol–water partition coefficient (Wildman–Crippen LogP) is 4.50. The van der Waals surface area contributed by atoms with Gasteiger partial charge in [0.25, 0.3) is 5.69 Å². The number of methoxy groups -OCH3 is 3. The van der Waals surface area contributed by atoms with Crippen molar-refractivity contribution < 1.29 is 23.9 Å². The SMILES string of the molecule is COC(=O)c1cc(OC)c(OC)cc1NC=C(C#N)c1nc(-c2cccc([N+](=O)[O-])c2)cs1. The average Bonchev–Trinajstić information content (AvgIpc) is 3.33. The summed E-state index contributed by atoms with van der Waals surface area (Å²) in [6.45, 7) is 0. The number of nitrogens with one attached hydrogen (secondary N) is 1. The molecule has 0 radical (unpaired) electrons. The molecular weight excluding hydrogens is 448 g/mol. The lowest BCUT2D eigenvalue weighted by Gasteiger charge is -2.13. The molecule has 0 aliphatic rings. The second-order valence-corrected chi connectivity index (χ2v) is 7.26. The van der Waals surface area contributed by atoms with Crippen LogP contribution in [0.1, 0.15) is 15.4 Å². The molecule has 0 saturated heterocycles. The summed E-state index contributed by atoms with van der Waals surface area (Å²) < 4.78 is 15.3. The maximum Gasteiger partial charge on any atom is 0.340 e. The molecule has 0 amide bonds. The number of hydrogen-bond donors (Lipinski definition) is 1. The Bertz CT molecular complexity index is 1280. The first-order valence-corrected chi connectivity index (χ1v) is 10.2. The number of anilines is 1. The Morgan fingerprint density at radius 3 is 2.58 bits per heavy atom. The van der Waals surface area contributed by atoms with Crippen molar-refractivity contribution in [2.45, 2.75) is 0 Å². The standard InChI is InChI=1S/C22H18N4O6S/c1-30-19-8-16(22(27)32-3)17(9-20(19)31-2)24-11-14(10-23)21-25-18(12-33-21)13-5-4-6-15(7-13)26(28)29/h4-9,11-12,24H,1-3H3. The number of nitriles is 1. The molecule has 0 saturated carbocycles. The molecule has 0 unspecified atom stereocenters. The third kappa shape index (κ3) is 5.08. The third-order valence-corrected chi connectivity index (χ3v) is 5.38. The molecule has 1 aromatic heterocycles. The lowest BCUT2D eigenvalue weighted by atomic mass is 10.1. The number of nitro groups is 1. The summed E-state index contributed by atoms with van der Waals surface area (Å²) in [5.41, 5.74) is 1.72. The van der Waals surface area contributed by atoms with Gasteiger partial charge in [0.05, 0.1) is 43.2 Å². The second kappa shape index (κ2) is 10.3. The van der Waals surface area contributed by atoms with Gasteiger partial charge in [-0.15, -0.1) is 11.3 Å². The van der Waals surface area contributed by atoms with Crippen LogP contribution in [0.2, 0.25) is 0 Å². The number of hydrogen-bond acceptors (Lipinski definition) is 10. The molecule has 0 spiro atoms. The number of ether oxygens (including phenoxy) is 3. The molecule has 0 aliphatic carbocycles. The van der Waals surface area contributed by atoms with Gasteiger partial charge in [-0.1, -0.05) is 12.1 Å². The Labute approximate surface area is 192 Å². The van der Waals surface area contributed by atoms with Crippen LogP contribution in [-0.4, -0.2) is 37.2 Å². The largest absolute Gasteiger partial charge is 0.493 e. The molecule has 0 bridgehead atoms. The number of nitrogens with zero attached hydrogens (tertiary/aromatic N) is 3. The van der Waals surface area contributed by atoms with Crippen molar-refractivity contribution in [2.24, 2.45) is 0 Å². The minimum Gasteiger partial charge on any atom is -0.493 e. The monoisotopic (exact) mass is 466 g/mol. The normalized spacial score (nSPS) is 10.8. The molecule has 1 heterocycles. The van der Waals surface area contributed by atoms with E-state index in [0.717, 1.165) is 0 Å². The summed E-state index contributed by atoms with van der Waals surface area (Å²) in [5.74, 6) is 0.115. The van der Waals surface area contributed by atoms with Crippen LogP contribution in [0.4, 0.5) is 11.4 Å². The van der Waals surface area contributed by atoms with E-state index >= 15 is 0 Å². The average molecular weight is 466 g/mol. The molecule has 10 nitrogen and oxygen atoms in total. The molecular formula is C22H18N4O6S. The van der Waals surface area contributed by atoms with Crippen molar-refractivity contribution in [1.82, 2.24) is 4.98 Å². The Morgan fingerprint density at radius 2 is 1.94 bits per heavy atom. The molecule has 3 rings (SSSR count). The Hall–Kier alpha value is -4.43. The topological polar surface area (TPSA) is 137 Å². The van der Waals surface area contributed by atoms with E-state index in [4.69, 9.17) is 14.2 Å². The molecule has 0 atom stereocenters. The van der Waals surface area contributed by atoms with Crippen LogP contribution in [0.5, 0.6) is 11.5 Å².